The van der Waals surface area contributed by atoms with E-state index in [9.17, 15) is 4.79 Å². The van der Waals surface area contributed by atoms with Crippen LogP contribution in [-0.4, -0.2) is 22.5 Å². The summed E-state index contributed by atoms with van der Waals surface area (Å²) in [6, 6.07) is 5.49. The molecule has 1 aromatic heterocycles. The number of aromatic nitrogens is 2. The number of hydrogen-bond acceptors (Lipinski definition) is 2. The highest BCUT2D eigenvalue weighted by Gasteiger charge is 2.06. The second kappa shape index (κ2) is 6.78. The minimum Gasteiger partial charge on any atom is -0.345 e. The molecule has 0 radical (unpaired) electrons. The van der Waals surface area contributed by atoms with Crippen LogP contribution in [-0.2, 0) is 0 Å². The Balaban J connectivity index is 1.83. The number of para-hydroxylation sites is 1. The van der Waals surface area contributed by atoms with E-state index >= 15 is 0 Å². The van der Waals surface area contributed by atoms with E-state index in [-0.39, 0.29) is 6.03 Å². The van der Waals surface area contributed by atoms with E-state index in [2.05, 4.69) is 27.5 Å². The third-order valence-corrected chi connectivity index (χ3v) is 3.01. The molecule has 0 saturated carbocycles. The highest BCUT2D eigenvalue weighted by Crippen LogP contribution is 2.19. The van der Waals surface area contributed by atoms with Crippen LogP contribution in [0.3, 0.4) is 0 Å². The molecule has 3 N–H and O–H groups in total. The minimum absolute atomic E-state index is 0.174. The molecule has 1 aromatic carbocycles. The summed E-state index contributed by atoms with van der Waals surface area (Å²) in [7, 11) is 0. The maximum Gasteiger partial charge on any atom is 0.319 e. The number of nitrogens with one attached hydrogen (secondary N) is 3. The highest BCUT2D eigenvalue weighted by atomic mass is 16.2. The van der Waals surface area contributed by atoms with E-state index < -0.39 is 0 Å². The van der Waals surface area contributed by atoms with Crippen molar-refractivity contribution in [3.8, 4) is 0 Å². The van der Waals surface area contributed by atoms with Crippen molar-refractivity contribution in [3.63, 3.8) is 0 Å². The van der Waals surface area contributed by atoms with Crippen molar-refractivity contribution in [2.45, 2.75) is 32.6 Å². The lowest BCUT2D eigenvalue weighted by molar-refractivity contribution is 0.252. The molecule has 2 amide bonds. The largest absolute Gasteiger partial charge is 0.345 e. The molecular weight excluding hydrogens is 240 g/mol. The Hall–Kier alpha value is -2.04. The number of fused-ring (bicyclic) bond motifs is 1. The number of carbonyl (C=O) groups excluding carboxylic acids is 1. The van der Waals surface area contributed by atoms with Crippen molar-refractivity contribution in [1.29, 1.82) is 0 Å². The average molecular weight is 260 g/mol. The number of benzene rings is 1. The molecule has 0 atom stereocenters. The Morgan fingerprint density at radius 1 is 1.32 bits per heavy atom. The van der Waals surface area contributed by atoms with Gasteiger partial charge in [-0.2, -0.15) is 0 Å². The predicted octanol–water partition coefficient (Wildman–Crippen LogP) is 3.26. The third kappa shape index (κ3) is 3.71. The third-order valence-electron chi connectivity index (χ3n) is 3.01. The zero-order valence-corrected chi connectivity index (χ0v) is 11.2. The van der Waals surface area contributed by atoms with Gasteiger partial charge in [0.05, 0.1) is 17.5 Å². The van der Waals surface area contributed by atoms with Crippen LogP contribution in [0, 0.1) is 0 Å². The van der Waals surface area contributed by atoms with Gasteiger partial charge in [-0.25, -0.2) is 9.78 Å². The number of H-pyrrole nitrogens is 1. The monoisotopic (exact) mass is 260 g/mol. The number of imidazole rings is 1. The molecule has 0 spiro atoms. The van der Waals surface area contributed by atoms with Gasteiger partial charge in [0.2, 0.25) is 0 Å². The van der Waals surface area contributed by atoms with Crippen molar-refractivity contribution in [3.05, 3.63) is 24.5 Å². The van der Waals surface area contributed by atoms with Crippen LogP contribution in [0.4, 0.5) is 10.5 Å². The van der Waals surface area contributed by atoms with Gasteiger partial charge in [-0.3, -0.25) is 0 Å². The second-order valence-corrected chi connectivity index (χ2v) is 4.55. The van der Waals surface area contributed by atoms with Crippen LogP contribution in [0.5, 0.6) is 0 Å². The number of carbonyl (C=O) groups is 1. The first-order valence-electron chi connectivity index (χ1n) is 6.78. The van der Waals surface area contributed by atoms with Gasteiger partial charge in [-0.1, -0.05) is 32.3 Å². The van der Waals surface area contributed by atoms with Crippen molar-refractivity contribution in [2.24, 2.45) is 0 Å². The molecule has 0 saturated heterocycles. The number of nitrogens with zero attached hydrogens (tertiary/aromatic N) is 1. The van der Waals surface area contributed by atoms with Crippen LogP contribution in [0.25, 0.3) is 11.0 Å². The standard InChI is InChI=1S/C14H20N4O/c1-2-3-4-5-9-15-14(19)18-12-8-6-7-11-13(12)17-10-16-11/h6-8,10H,2-5,9H2,1H3,(H,16,17)(H2,15,18,19). The van der Waals surface area contributed by atoms with Crippen LogP contribution >= 0.6 is 0 Å². The summed E-state index contributed by atoms with van der Waals surface area (Å²) in [6.07, 6.45) is 6.22. The number of unbranched alkanes of at least 4 members (excludes halogenated alkanes) is 3. The zero-order chi connectivity index (χ0) is 13.5. The van der Waals surface area contributed by atoms with Gasteiger partial charge in [0.15, 0.2) is 0 Å². The molecule has 0 fully saturated rings. The normalized spacial score (nSPS) is 10.6. The minimum atomic E-state index is -0.174. The molecule has 102 valence electrons. The van der Waals surface area contributed by atoms with Crippen LogP contribution in [0.1, 0.15) is 32.6 Å². The summed E-state index contributed by atoms with van der Waals surface area (Å²) in [6.45, 7) is 2.88. The fourth-order valence-corrected chi connectivity index (χ4v) is 1.99. The molecule has 5 nitrogen and oxygen atoms in total. The van der Waals surface area contributed by atoms with Crippen molar-refractivity contribution in [2.75, 3.05) is 11.9 Å². The maximum absolute atomic E-state index is 11.8. The molecule has 2 aromatic rings. The quantitative estimate of drug-likeness (QED) is 0.698. The van der Waals surface area contributed by atoms with E-state index in [0.29, 0.717) is 6.54 Å². The van der Waals surface area contributed by atoms with Gasteiger partial charge in [-0.05, 0) is 18.6 Å². The zero-order valence-electron chi connectivity index (χ0n) is 11.2. The second-order valence-electron chi connectivity index (χ2n) is 4.55. The lowest BCUT2D eigenvalue weighted by atomic mass is 10.2. The Labute approximate surface area is 112 Å². The Morgan fingerprint density at radius 2 is 2.21 bits per heavy atom. The van der Waals surface area contributed by atoms with Crippen molar-refractivity contribution in [1.82, 2.24) is 15.3 Å². The maximum atomic E-state index is 11.8. The van der Waals surface area contributed by atoms with Gasteiger partial charge in [0.1, 0.15) is 5.52 Å². The molecule has 0 bridgehead atoms. The lowest BCUT2D eigenvalue weighted by Gasteiger charge is -2.07. The molecule has 0 aliphatic rings. The summed E-state index contributed by atoms with van der Waals surface area (Å²) in [5.74, 6) is 0. The molecule has 0 aliphatic carbocycles. The van der Waals surface area contributed by atoms with Crippen LogP contribution in [0.15, 0.2) is 24.5 Å². The number of aromatic amines is 1. The first-order valence-corrected chi connectivity index (χ1v) is 6.78. The summed E-state index contributed by atoms with van der Waals surface area (Å²) in [5, 5.41) is 5.69. The average Bonchev–Trinajstić information content (AvgIpc) is 2.88. The molecule has 0 unspecified atom stereocenters. The molecular formula is C14H20N4O. The SMILES string of the molecule is CCCCCCNC(=O)Nc1cccc2[nH]cnc12. The molecule has 1 heterocycles. The first kappa shape index (κ1) is 13.4. The lowest BCUT2D eigenvalue weighted by Crippen LogP contribution is -2.29. The van der Waals surface area contributed by atoms with Gasteiger partial charge < -0.3 is 15.6 Å². The van der Waals surface area contributed by atoms with Gasteiger partial charge in [0, 0.05) is 6.54 Å². The summed E-state index contributed by atoms with van der Waals surface area (Å²) < 4.78 is 0. The Morgan fingerprint density at radius 3 is 3.05 bits per heavy atom. The van der Waals surface area contributed by atoms with E-state index in [4.69, 9.17) is 0 Å². The highest BCUT2D eigenvalue weighted by molar-refractivity contribution is 5.98. The number of urea groups is 1. The van der Waals surface area contributed by atoms with Gasteiger partial charge >= 0.3 is 6.03 Å². The molecule has 5 heteroatoms. The topological polar surface area (TPSA) is 69.8 Å². The summed E-state index contributed by atoms with van der Waals surface area (Å²) in [4.78, 5) is 19.0. The number of hydrogen-bond donors (Lipinski definition) is 3. The fraction of sp³-hybridized carbons (Fsp3) is 0.429. The Bertz CT molecular complexity index is 535. The van der Waals surface area contributed by atoms with E-state index in [0.717, 1.165) is 29.6 Å². The number of amides is 2. The van der Waals surface area contributed by atoms with E-state index in [1.807, 2.05) is 18.2 Å². The molecule has 19 heavy (non-hydrogen) atoms. The van der Waals surface area contributed by atoms with E-state index in [1.54, 1.807) is 6.33 Å². The van der Waals surface area contributed by atoms with E-state index in [1.165, 1.54) is 12.8 Å². The van der Waals surface area contributed by atoms with Crippen LogP contribution in [0.2, 0.25) is 0 Å². The first-order chi connectivity index (χ1) is 9.31. The number of anilines is 1. The van der Waals surface area contributed by atoms with Gasteiger partial charge in [-0.15, -0.1) is 0 Å². The predicted molar refractivity (Wildman–Crippen MR) is 77.3 cm³/mol. The van der Waals surface area contributed by atoms with Crippen molar-refractivity contribution >= 4 is 22.8 Å². The molecule has 0 aliphatic heterocycles. The van der Waals surface area contributed by atoms with Gasteiger partial charge in [0.25, 0.3) is 0 Å². The Kier molecular flexibility index (Phi) is 4.78. The smallest absolute Gasteiger partial charge is 0.319 e. The fourth-order valence-electron chi connectivity index (χ4n) is 1.99. The molecule has 2 rings (SSSR count). The summed E-state index contributed by atoms with van der Waals surface area (Å²) >= 11 is 0. The van der Waals surface area contributed by atoms with Crippen LogP contribution < -0.4 is 10.6 Å². The number of rotatable bonds is 6. The van der Waals surface area contributed by atoms with Crippen molar-refractivity contribution < 1.29 is 4.79 Å². The summed E-state index contributed by atoms with van der Waals surface area (Å²) in [5.41, 5.74) is 2.43.